The normalized spacial score (nSPS) is 10.9. The first kappa shape index (κ1) is 21.3. The first-order valence-corrected chi connectivity index (χ1v) is 8.42. The monoisotopic (exact) mass is 475 g/mol. The van der Waals surface area contributed by atoms with Crippen LogP contribution in [0.3, 0.4) is 0 Å². The Balaban J connectivity index is 0.00000312. The molecule has 25 heavy (non-hydrogen) atoms. The second-order valence-electron chi connectivity index (χ2n) is 5.28. The molecule has 0 unspecified atom stereocenters. The van der Waals surface area contributed by atoms with Crippen LogP contribution >= 0.6 is 35.3 Å². The first-order chi connectivity index (χ1) is 11.5. The van der Waals surface area contributed by atoms with Crippen LogP contribution in [0.25, 0.3) is 0 Å². The van der Waals surface area contributed by atoms with Gasteiger partial charge in [0.2, 0.25) is 0 Å². The Morgan fingerprint density at radius 2 is 2.12 bits per heavy atom. The van der Waals surface area contributed by atoms with Crippen molar-refractivity contribution in [1.29, 1.82) is 0 Å². The van der Waals surface area contributed by atoms with E-state index in [9.17, 15) is 10.1 Å². The van der Waals surface area contributed by atoms with Gasteiger partial charge in [-0.15, -0.1) is 35.3 Å². The molecule has 0 aliphatic rings. The minimum Gasteiger partial charge on any atom is -0.356 e. The maximum atomic E-state index is 10.8. The van der Waals surface area contributed by atoms with Gasteiger partial charge < -0.3 is 10.6 Å². The van der Waals surface area contributed by atoms with Crippen LogP contribution in [0.15, 0.2) is 29.3 Å². The van der Waals surface area contributed by atoms with Crippen molar-refractivity contribution >= 4 is 47.0 Å². The van der Waals surface area contributed by atoms with Crippen molar-refractivity contribution in [2.75, 3.05) is 13.6 Å². The van der Waals surface area contributed by atoms with Gasteiger partial charge in [-0.1, -0.05) is 12.1 Å². The third kappa shape index (κ3) is 6.58. The average Bonchev–Trinajstić information content (AvgIpc) is 2.89. The van der Waals surface area contributed by atoms with Crippen LogP contribution in [0, 0.1) is 24.0 Å². The van der Waals surface area contributed by atoms with Crippen LogP contribution in [-0.2, 0) is 13.0 Å². The van der Waals surface area contributed by atoms with Gasteiger partial charge in [0.1, 0.15) is 0 Å². The molecule has 0 radical (unpaired) electrons. The van der Waals surface area contributed by atoms with E-state index in [0.717, 1.165) is 29.2 Å². The molecule has 2 rings (SSSR count). The smallest absolute Gasteiger partial charge is 0.269 e. The topological polar surface area (TPSA) is 92.5 Å². The lowest BCUT2D eigenvalue weighted by atomic mass is 10.2. The van der Waals surface area contributed by atoms with Crippen molar-refractivity contribution in [2.24, 2.45) is 4.99 Å². The van der Waals surface area contributed by atoms with Crippen LogP contribution in [0.2, 0.25) is 0 Å². The van der Waals surface area contributed by atoms with E-state index in [1.165, 1.54) is 10.9 Å². The van der Waals surface area contributed by atoms with Crippen molar-refractivity contribution in [3.63, 3.8) is 0 Å². The number of aryl methyl sites for hydroxylation is 2. The maximum Gasteiger partial charge on any atom is 0.269 e. The number of benzene rings is 1. The number of rotatable bonds is 6. The number of aliphatic imine (C=N–C) groups is 1. The van der Waals surface area contributed by atoms with Gasteiger partial charge in [0.25, 0.3) is 5.69 Å². The Kier molecular flexibility index (Phi) is 8.76. The Morgan fingerprint density at radius 1 is 1.36 bits per heavy atom. The van der Waals surface area contributed by atoms with E-state index in [1.807, 2.05) is 13.0 Å². The zero-order valence-corrected chi connectivity index (χ0v) is 17.6. The molecule has 2 N–H and O–H groups in total. The van der Waals surface area contributed by atoms with Gasteiger partial charge in [-0.3, -0.25) is 15.1 Å². The third-order valence-electron chi connectivity index (χ3n) is 3.51. The van der Waals surface area contributed by atoms with E-state index >= 15 is 0 Å². The molecule has 0 bridgehead atoms. The van der Waals surface area contributed by atoms with E-state index in [-0.39, 0.29) is 29.7 Å². The molecule has 1 aromatic carbocycles. The van der Waals surface area contributed by atoms with Crippen molar-refractivity contribution in [3.05, 3.63) is 55.5 Å². The fourth-order valence-electron chi connectivity index (χ4n) is 2.12. The predicted octanol–water partition coefficient (Wildman–Crippen LogP) is 3.19. The Labute approximate surface area is 168 Å². The number of hydrogen-bond acceptors (Lipinski definition) is 5. The number of non-ortho nitro benzene ring substituents is 1. The number of aromatic nitrogens is 1. The summed E-state index contributed by atoms with van der Waals surface area (Å²) >= 11 is 1.71. The second-order valence-corrected chi connectivity index (χ2v) is 6.57. The van der Waals surface area contributed by atoms with Crippen LogP contribution in [0.1, 0.15) is 21.1 Å². The van der Waals surface area contributed by atoms with E-state index in [1.54, 1.807) is 30.5 Å². The molecule has 0 amide bonds. The summed E-state index contributed by atoms with van der Waals surface area (Å²) in [5.41, 5.74) is 2.01. The van der Waals surface area contributed by atoms with Crippen LogP contribution in [-0.4, -0.2) is 29.5 Å². The average molecular weight is 475 g/mol. The van der Waals surface area contributed by atoms with Crippen LogP contribution in [0.5, 0.6) is 0 Å². The number of guanidine groups is 1. The number of nitrogens with zero attached hydrogens (tertiary/aromatic N) is 3. The predicted molar refractivity (Wildman–Crippen MR) is 112 cm³/mol. The number of nitro groups is 1. The lowest BCUT2D eigenvalue weighted by Crippen LogP contribution is -2.37. The second kappa shape index (κ2) is 10.3. The summed E-state index contributed by atoms with van der Waals surface area (Å²) < 4.78 is 0. The molecule has 0 atom stereocenters. The number of hydrogen-bond donors (Lipinski definition) is 2. The van der Waals surface area contributed by atoms with Gasteiger partial charge in [0.05, 0.1) is 15.6 Å². The standard InChI is InChI=1S/C16H21N5O2S.HI/c1-11-12(2)24-15(20-11)7-8-18-16(17-3)19-10-13-5-4-6-14(9-13)21(22)23;/h4-6,9H,7-8,10H2,1-3H3,(H2,17,18,19);1H. The molecular formula is C16H22IN5O2S. The van der Waals surface area contributed by atoms with Crippen molar-refractivity contribution in [3.8, 4) is 0 Å². The molecule has 0 saturated carbocycles. The molecule has 0 saturated heterocycles. The quantitative estimate of drug-likeness (QED) is 0.220. The van der Waals surface area contributed by atoms with Crippen molar-refractivity contribution in [2.45, 2.75) is 26.8 Å². The zero-order chi connectivity index (χ0) is 17.5. The highest BCUT2D eigenvalue weighted by atomic mass is 127. The molecule has 136 valence electrons. The largest absolute Gasteiger partial charge is 0.356 e. The molecule has 9 heteroatoms. The molecule has 0 spiro atoms. The summed E-state index contributed by atoms with van der Waals surface area (Å²) in [5, 5.41) is 18.3. The maximum absolute atomic E-state index is 10.8. The summed E-state index contributed by atoms with van der Waals surface area (Å²) in [5.74, 6) is 0.659. The number of halogens is 1. The van der Waals surface area contributed by atoms with Gasteiger partial charge >= 0.3 is 0 Å². The molecule has 2 aromatic rings. The van der Waals surface area contributed by atoms with Gasteiger partial charge in [-0.2, -0.15) is 0 Å². The third-order valence-corrected chi connectivity index (χ3v) is 4.64. The van der Waals surface area contributed by atoms with E-state index in [0.29, 0.717) is 12.5 Å². The highest BCUT2D eigenvalue weighted by molar-refractivity contribution is 14.0. The summed E-state index contributed by atoms with van der Waals surface area (Å²) in [7, 11) is 1.69. The number of nitro benzene ring substituents is 1. The SMILES string of the molecule is CN=C(NCCc1nc(C)c(C)s1)NCc1cccc([N+](=O)[O-])c1.I. The van der Waals surface area contributed by atoms with Crippen molar-refractivity contribution < 1.29 is 4.92 Å². The lowest BCUT2D eigenvalue weighted by Gasteiger charge is -2.11. The number of nitrogens with one attached hydrogen (secondary N) is 2. The number of thiazole rings is 1. The molecule has 1 heterocycles. The van der Waals surface area contributed by atoms with Gasteiger partial charge in [-0.05, 0) is 19.4 Å². The van der Waals surface area contributed by atoms with Gasteiger partial charge in [0.15, 0.2) is 5.96 Å². The van der Waals surface area contributed by atoms with E-state index in [4.69, 9.17) is 0 Å². The minimum atomic E-state index is -0.394. The fourth-order valence-corrected chi connectivity index (χ4v) is 3.05. The molecule has 0 aliphatic carbocycles. The Hall–Kier alpha value is -1.75. The van der Waals surface area contributed by atoms with E-state index in [2.05, 4.69) is 27.5 Å². The summed E-state index contributed by atoms with van der Waals surface area (Å²) in [6.45, 7) is 5.28. The summed E-state index contributed by atoms with van der Waals surface area (Å²) in [4.78, 5) is 20.3. The van der Waals surface area contributed by atoms with E-state index < -0.39 is 4.92 Å². The first-order valence-electron chi connectivity index (χ1n) is 7.60. The highest BCUT2D eigenvalue weighted by Crippen LogP contribution is 2.16. The fraction of sp³-hybridized carbons (Fsp3) is 0.375. The molecular weight excluding hydrogens is 453 g/mol. The highest BCUT2D eigenvalue weighted by Gasteiger charge is 2.07. The summed E-state index contributed by atoms with van der Waals surface area (Å²) in [6, 6.07) is 6.56. The molecule has 0 fully saturated rings. The summed E-state index contributed by atoms with van der Waals surface area (Å²) in [6.07, 6.45) is 0.830. The Bertz CT molecular complexity index is 728. The zero-order valence-electron chi connectivity index (χ0n) is 14.4. The minimum absolute atomic E-state index is 0. The van der Waals surface area contributed by atoms with Crippen molar-refractivity contribution in [1.82, 2.24) is 15.6 Å². The molecule has 7 nitrogen and oxygen atoms in total. The van der Waals surface area contributed by atoms with Gasteiger partial charge in [-0.25, -0.2) is 4.98 Å². The Morgan fingerprint density at radius 3 is 2.72 bits per heavy atom. The lowest BCUT2D eigenvalue weighted by molar-refractivity contribution is -0.384. The van der Waals surface area contributed by atoms with Crippen LogP contribution < -0.4 is 10.6 Å². The molecule has 1 aromatic heterocycles. The van der Waals surface area contributed by atoms with Crippen LogP contribution in [0.4, 0.5) is 5.69 Å². The molecule has 0 aliphatic heterocycles. The van der Waals surface area contributed by atoms with Gasteiger partial charge in [0, 0.05) is 43.6 Å².